The fourth-order valence-corrected chi connectivity index (χ4v) is 1.47. The normalized spacial score (nSPS) is 13.4. The third-order valence-corrected chi connectivity index (χ3v) is 2.59. The van der Waals surface area contributed by atoms with Crippen molar-refractivity contribution >= 4 is 0 Å². The number of nitrogens with zero attached hydrogens (tertiary/aromatic N) is 1. The molecule has 0 aromatic rings. The molecule has 1 unspecified atom stereocenters. The van der Waals surface area contributed by atoms with Crippen LogP contribution >= 0.6 is 0 Å². The van der Waals surface area contributed by atoms with E-state index < -0.39 is 0 Å². The predicted molar refractivity (Wildman–Crippen MR) is 66.3 cm³/mol. The third-order valence-electron chi connectivity index (χ3n) is 2.59. The molecule has 0 aliphatic rings. The first-order valence-electron chi connectivity index (χ1n) is 6.25. The Balaban J connectivity index is 3.29. The Morgan fingerprint density at radius 3 is 2.40 bits per heavy atom. The Morgan fingerprint density at radius 1 is 1.20 bits per heavy atom. The van der Waals surface area contributed by atoms with Gasteiger partial charge in [-0.2, -0.15) is 0 Å². The molecule has 0 fully saturated rings. The van der Waals surface area contributed by atoms with Crippen LogP contribution in [0.15, 0.2) is 0 Å². The molecule has 0 amide bonds. The van der Waals surface area contributed by atoms with Crippen LogP contribution in [-0.2, 0) is 4.74 Å². The molecule has 0 aromatic heterocycles. The number of nitrogens with one attached hydrogen (secondary N) is 1. The number of hydrogen-bond donors (Lipinski definition) is 1. The molecular formula is C12H28N2O. The highest BCUT2D eigenvalue weighted by molar-refractivity contribution is 4.55. The lowest BCUT2D eigenvalue weighted by molar-refractivity contribution is 0.0839. The lowest BCUT2D eigenvalue weighted by Crippen LogP contribution is -2.29. The second-order valence-electron chi connectivity index (χ2n) is 4.01. The van der Waals surface area contributed by atoms with Crippen molar-refractivity contribution in [1.82, 2.24) is 10.2 Å². The van der Waals surface area contributed by atoms with Gasteiger partial charge in [0.2, 0.25) is 0 Å². The van der Waals surface area contributed by atoms with E-state index in [2.05, 4.69) is 37.9 Å². The van der Waals surface area contributed by atoms with E-state index in [1.54, 1.807) is 0 Å². The van der Waals surface area contributed by atoms with Gasteiger partial charge in [-0.05, 0) is 32.1 Å². The Bertz CT molecular complexity index is 127. The van der Waals surface area contributed by atoms with Gasteiger partial charge in [0.15, 0.2) is 0 Å². The van der Waals surface area contributed by atoms with Gasteiger partial charge >= 0.3 is 0 Å². The second kappa shape index (κ2) is 10.4. The summed E-state index contributed by atoms with van der Waals surface area (Å²) in [6.07, 6.45) is 0. The van der Waals surface area contributed by atoms with Crippen molar-refractivity contribution in [2.24, 2.45) is 5.92 Å². The molecule has 15 heavy (non-hydrogen) atoms. The summed E-state index contributed by atoms with van der Waals surface area (Å²) in [7, 11) is 0. The van der Waals surface area contributed by atoms with Gasteiger partial charge in [-0.25, -0.2) is 0 Å². The number of likely N-dealkylation sites (N-methyl/N-ethyl adjacent to an activating group) is 1. The summed E-state index contributed by atoms with van der Waals surface area (Å²) in [5.41, 5.74) is 0. The fraction of sp³-hybridized carbons (Fsp3) is 1.00. The Hall–Kier alpha value is -0.120. The van der Waals surface area contributed by atoms with E-state index in [1.165, 1.54) is 0 Å². The van der Waals surface area contributed by atoms with Crippen LogP contribution in [0, 0.1) is 5.92 Å². The molecule has 1 N–H and O–H groups in total. The fourth-order valence-electron chi connectivity index (χ4n) is 1.47. The SMILES string of the molecule is CCNCC(C)COCCN(CC)CC. The van der Waals surface area contributed by atoms with Crippen molar-refractivity contribution in [3.05, 3.63) is 0 Å². The molecule has 0 bridgehead atoms. The third kappa shape index (κ3) is 8.85. The molecule has 0 heterocycles. The van der Waals surface area contributed by atoms with Crippen molar-refractivity contribution < 1.29 is 4.74 Å². The maximum absolute atomic E-state index is 5.64. The van der Waals surface area contributed by atoms with Gasteiger partial charge in [0.05, 0.1) is 13.2 Å². The summed E-state index contributed by atoms with van der Waals surface area (Å²) in [6, 6.07) is 0. The van der Waals surface area contributed by atoms with E-state index in [0.29, 0.717) is 5.92 Å². The minimum absolute atomic E-state index is 0.613. The van der Waals surface area contributed by atoms with Gasteiger partial charge < -0.3 is 15.0 Å². The molecule has 0 saturated heterocycles. The first kappa shape index (κ1) is 14.9. The molecule has 1 atom stereocenters. The van der Waals surface area contributed by atoms with Gasteiger partial charge in [-0.3, -0.25) is 0 Å². The lowest BCUT2D eigenvalue weighted by atomic mass is 10.2. The zero-order valence-electron chi connectivity index (χ0n) is 10.9. The molecule has 0 aliphatic carbocycles. The van der Waals surface area contributed by atoms with E-state index in [-0.39, 0.29) is 0 Å². The van der Waals surface area contributed by atoms with Crippen molar-refractivity contribution in [1.29, 1.82) is 0 Å². The lowest BCUT2D eigenvalue weighted by Gasteiger charge is -2.18. The largest absolute Gasteiger partial charge is 0.380 e. The Labute approximate surface area is 95.2 Å². The number of rotatable bonds is 10. The summed E-state index contributed by atoms with van der Waals surface area (Å²) in [5.74, 6) is 0.613. The minimum Gasteiger partial charge on any atom is -0.380 e. The maximum Gasteiger partial charge on any atom is 0.0593 e. The summed E-state index contributed by atoms with van der Waals surface area (Å²) >= 11 is 0. The van der Waals surface area contributed by atoms with Crippen LogP contribution in [-0.4, -0.2) is 50.8 Å². The van der Waals surface area contributed by atoms with Gasteiger partial charge in [-0.15, -0.1) is 0 Å². The van der Waals surface area contributed by atoms with Gasteiger partial charge in [0.25, 0.3) is 0 Å². The molecule has 0 radical (unpaired) electrons. The highest BCUT2D eigenvalue weighted by Crippen LogP contribution is 1.94. The van der Waals surface area contributed by atoms with Crippen LogP contribution < -0.4 is 5.32 Å². The standard InChI is InChI=1S/C12H28N2O/c1-5-13-10-12(4)11-15-9-8-14(6-2)7-3/h12-13H,5-11H2,1-4H3. The Morgan fingerprint density at radius 2 is 1.87 bits per heavy atom. The second-order valence-corrected chi connectivity index (χ2v) is 4.01. The summed E-state index contributed by atoms with van der Waals surface area (Å²) in [4.78, 5) is 2.38. The molecule has 0 aliphatic heterocycles. The zero-order chi connectivity index (χ0) is 11.5. The number of hydrogen-bond acceptors (Lipinski definition) is 3. The van der Waals surface area contributed by atoms with E-state index >= 15 is 0 Å². The molecule has 92 valence electrons. The topological polar surface area (TPSA) is 24.5 Å². The molecule has 0 saturated carbocycles. The quantitative estimate of drug-likeness (QED) is 0.561. The van der Waals surface area contributed by atoms with Gasteiger partial charge in [0, 0.05) is 6.54 Å². The molecule has 3 nitrogen and oxygen atoms in total. The van der Waals surface area contributed by atoms with E-state index in [1.807, 2.05) is 0 Å². The Kier molecular flexibility index (Phi) is 10.3. The van der Waals surface area contributed by atoms with Crippen molar-refractivity contribution in [3.63, 3.8) is 0 Å². The van der Waals surface area contributed by atoms with Gasteiger partial charge in [0.1, 0.15) is 0 Å². The average molecular weight is 216 g/mol. The maximum atomic E-state index is 5.64. The van der Waals surface area contributed by atoms with Crippen LogP contribution in [0.3, 0.4) is 0 Å². The molecular weight excluding hydrogens is 188 g/mol. The van der Waals surface area contributed by atoms with Crippen molar-refractivity contribution in [2.45, 2.75) is 27.7 Å². The van der Waals surface area contributed by atoms with Crippen molar-refractivity contribution in [3.8, 4) is 0 Å². The van der Waals surface area contributed by atoms with E-state index in [0.717, 1.165) is 45.9 Å². The first-order chi connectivity index (χ1) is 7.24. The zero-order valence-corrected chi connectivity index (χ0v) is 10.9. The van der Waals surface area contributed by atoms with Gasteiger partial charge in [-0.1, -0.05) is 27.7 Å². The monoisotopic (exact) mass is 216 g/mol. The highest BCUT2D eigenvalue weighted by Gasteiger charge is 2.02. The van der Waals surface area contributed by atoms with Crippen LogP contribution in [0.25, 0.3) is 0 Å². The summed E-state index contributed by atoms with van der Waals surface area (Å²) < 4.78 is 5.64. The molecule has 3 heteroatoms. The van der Waals surface area contributed by atoms with Crippen molar-refractivity contribution in [2.75, 3.05) is 45.9 Å². The van der Waals surface area contributed by atoms with Crippen LogP contribution in [0.5, 0.6) is 0 Å². The number of ether oxygens (including phenoxy) is 1. The van der Waals surface area contributed by atoms with E-state index in [4.69, 9.17) is 4.74 Å². The average Bonchev–Trinajstić information content (AvgIpc) is 2.26. The molecule has 0 aromatic carbocycles. The first-order valence-corrected chi connectivity index (χ1v) is 6.25. The van der Waals surface area contributed by atoms with Crippen LogP contribution in [0.1, 0.15) is 27.7 Å². The smallest absolute Gasteiger partial charge is 0.0593 e. The predicted octanol–water partition coefficient (Wildman–Crippen LogP) is 1.59. The van der Waals surface area contributed by atoms with Crippen LogP contribution in [0.4, 0.5) is 0 Å². The highest BCUT2D eigenvalue weighted by atomic mass is 16.5. The summed E-state index contributed by atoms with van der Waals surface area (Å²) in [5, 5.41) is 3.33. The van der Waals surface area contributed by atoms with E-state index in [9.17, 15) is 0 Å². The molecule has 0 rings (SSSR count). The molecule has 0 spiro atoms. The summed E-state index contributed by atoms with van der Waals surface area (Å²) in [6.45, 7) is 15.9. The minimum atomic E-state index is 0.613. The van der Waals surface area contributed by atoms with Crippen LogP contribution in [0.2, 0.25) is 0 Å².